The first-order valence-electron chi connectivity index (χ1n) is 13.2. The van der Waals surface area contributed by atoms with E-state index < -0.39 is 32.5 Å². The van der Waals surface area contributed by atoms with Crippen molar-refractivity contribution in [1.29, 1.82) is 0 Å². The summed E-state index contributed by atoms with van der Waals surface area (Å²) in [4.78, 5) is 8.67. The van der Waals surface area contributed by atoms with Gasteiger partial charge in [-0.3, -0.25) is 0 Å². The molecule has 2 aromatic rings. The molecule has 0 unspecified atom stereocenters. The molecule has 3 N–H and O–H groups in total. The van der Waals surface area contributed by atoms with Crippen LogP contribution in [0.3, 0.4) is 0 Å². The van der Waals surface area contributed by atoms with Crippen LogP contribution in [0, 0.1) is 0 Å². The number of nitrogen functional groups attached to an aromatic ring is 1. The van der Waals surface area contributed by atoms with E-state index in [1.807, 2.05) is 13.8 Å². The average molecular weight is 554 g/mol. The zero-order chi connectivity index (χ0) is 27.3. The molecule has 2 fully saturated rings. The number of hydrogen-bond acceptors (Lipinski definition) is 10. The van der Waals surface area contributed by atoms with E-state index in [1.54, 1.807) is 11.6 Å². The molecule has 2 aliphatic heterocycles. The predicted molar refractivity (Wildman–Crippen MR) is 147 cm³/mol. The molecule has 37 heavy (non-hydrogen) atoms. The fraction of sp³-hybridized carbons (Fsp3) is 0.800. The Morgan fingerprint density at radius 2 is 1.70 bits per heavy atom. The summed E-state index contributed by atoms with van der Waals surface area (Å²) in [6.07, 6.45) is -0.686. The molecule has 4 rings (SSSR count). The topological polar surface area (TPSA) is 127 Å². The molecule has 208 valence electrons. The van der Waals surface area contributed by atoms with Crippen molar-refractivity contribution in [3.63, 3.8) is 0 Å². The highest BCUT2D eigenvalue weighted by Gasteiger charge is 2.57. The molecule has 0 aromatic carbocycles. The molecule has 4 heterocycles. The van der Waals surface area contributed by atoms with Gasteiger partial charge in [-0.25, -0.2) is 14.6 Å². The Hall–Kier alpha value is -1.28. The maximum absolute atomic E-state index is 9.84. The molecule has 0 saturated carbocycles. The first-order valence-corrected chi connectivity index (χ1v) is 16.4. The number of aliphatic hydroxyl groups is 1. The molecule has 0 amide bonds. The summed E-state index contributed by atoms with van der Waals surface area (Å²) in [5.41, 5.74) is 8.18. The van der Waals surface area contributed by atoms with Crippen molar-refractivity contribution in [2.24, 2.45) is 0 Å². The van der Waals surface area contributed by atoms with E-state index in [4.69, 9.17) is 29.5 Å². The summed E-state index contributed by atoms with van der Waals surface area (Å²) in [5, 5.41) is 16.0. The van der Waals surface area contributed by atoms with E-state index in [9.17, 15) is 5.11 Å². The summed E-state index contributed by atoms with van der Waals surface area (Å²) in [5.74, 6) is 0.0383. The minimum atomic E-state index is -2.11. The quantitative estimate of drug-likeness (QED) is 0.321. The number of aliphatic hydroxyl groups excluding tert-OH is 1. The Labute approximate surface area is 225 Å². The van der Waals surface area contributed by atoms with Crippen LogP contribution in [0.25, 0.3) is 11.0 Å². The van der Waals surface area contributed by atoms with Crippen molar-refractivity contribution >= 4 is 36.9 Å². The van der Waals surface area contributed by atoms with Gasteiger partial charge in [0.15, 0.2) is 26.0 Å². The van der Waals surface area contributed by atoms with Crippen molar-refractivity contribution in [3.8, 4) is 0 Å². The molecule has 2 saturated heterocycles. The summed E-state index contributed by atoms with van der Waals surface area (Å²) in [7, 11) is -2.11. The molecule has 0 radical (unpaired) electrons. The molecule has 2 aliphatic rings. The number of anilines is 1. The number of aromatic nitrogens is 4. The van der Waals surface area contributed by atoms with E-state index in [0.29, 0.717) is 50.9 Å². The molecular formula is C25H43N5O5SSi. The lowest BCUT2D eigenvalue weighted by molar-refractivity contribution is -0.200. The lowest BCUT2D eigenvalue weighted by Crippen LogP contribution is -2.50. The normalized spacial score (nSPS) is 26.6. The summed E-state index contributed by atoms with van der Waals surface area (Å²) in [6, 6.07) is 0. The molecule has 2 aromatic heterocycles. The predicted octanol–water partition coefficient (Wildman–Crippen LogP) is 4.49. The zero-order valence-electron chi connectivity index (χ0n) is 23.5. The van der Waals surface area contributed by atoms with Crippen LogP contribution in [-0.2, 0) is 18.6 Å². The third-order valence-corrected chi connectivity index (χ3v) is 14.8. The van der Waals surface area contributed by atoms with Crippen molar-refractivity contribution < 1.29 is 23.7 Å². The van der Waals surface area contributed by atoms with Gasteiger partial charge >= 0.3 is 0 Å². The lowest BCUT2D eigenvalue weighted by atomic mass is 10.1. The van der Waals surface area contributed by atoms with Gasteiger partial charge < -0.3 is 29.5 Å². The van der Waals surface area contributed by atoms with Crippen LogP contribution < -0.4 is 5.73 Å². The van der Waals surface area contributed by atoms with Crippen LogP contribution >= 0.6 is 11.8 Å². The second-order valence-corrected chi connectivity index (χ2v) is 18.1. The SMILES string of the molecule is CC(C)[Si](OC[C@H]1O[C@@H](n2nc(SC[C@H](C)O)c3c(N)ncnc32)[C@@H]2OC(C)(C)O[C@@H]21)(C(C)C)C(C)C. The van der Waals surface area contributed by atoms with Crippen molar-refractivity contribution in [3.05, 3.63) is 6.33 Å². The first kappa shape index (κ1) is 28.7. The van der Waals surface area contributed by atoms with Crippen LogP contribution in [0.15, 0.2) is 11.4 Å². The molecule has 0 aliphatic carbocycles. The van der Waals surface area contributed by atoms with Gasteiger partial charge in [-0.2, -0.15) is 5.10 Å². The van der Waals surface area contributed by atoms with Crippen LogP contribution in [0.2, 0.25) is 16.6 Å². The van der Waals surface area contributed by atoms with E-state index in [2.05, 4.69) is 51.5 Å². The maximum Gasteiger partial charge on any atom is 0.200 e. The molecule has 12 heteroatoms. The number of nitrogens with zero attached hydrogens (tertiary/aromatic N) is 4. The van der Waals surface area contributed by atoms with Crippen molar-refractivity contribution in [2.75, 3.05) is 18.1 Å². The van der Waals surface area contributed by atoms with Gasteiger partial charge in [0, 0.05) is 5.75 Å². The molecule has 5 atom stereocenters. The highest BCUT2D eigenvalue weighted by atomic mass is 32.2. The number of rotatable bonds is 10. The number of fused-ring (bicyclic) bond motifs is 2. The fourth-order valence-corrected chi connectivity index (χ4v) is 12.5. The van der Waals surface area contributed by atoms with E-state index >= 15 is 0 Å². The number of thioether (sulfide) groups is 1. The smallest absolute Gasteiger partial charge is 0.200 e. The van der Waals surface area contributed by atoms with Crippen LogP contribution in [-0.4, -0.2) is 75.7 Å². The van der Waals surface area contributed by atoms with Gasteiger partial charge in [-0.05, 0) is 37.4 Å². The van der Waals surface area contributed by atoms with Crippen LogP contribution in [0.1, 0.15) is 68.5 Å². The van der Waals surface area contributed by atoms with Gasteiger partial charge in [0.2, 0.25) is 0 Å². The van der Waals surface area contributed by atoms with Crippen molar-refractivity contribution in [2.45, 2.75) is 120 Å². The van der Waals surface area contributed by atoms with Gasteiger partial charge in [0.25, 0.3) is 0 Å². The molecular weight excluding hydrogens is 510 g/mol. The fourth-order valence-electron chi connectivity index (χ4n) is 6.16. The summed E-state index contributed by atoms with van der Waals surface area (Å²) < 4.78 is 28.0. The van der Waals surface area contributed by atoms with E-state index in [-0.39, 0.29) is 12.2 Å². The minimum Gasteiger partial charge on any atom is -0.413 e. The number of hydrogen-bond donors (Lipinski definition) is 2. The largest absolute Gasteiger partial charge is 0.413 e. The van der Waals surface area contributed by atoms with E-state index in [1.165, 1.54) is 18.1 Å². The third-order valence-electron chi connectivity index (χ3n) is 7.52. The Morgan fingerprint density at radius 1 is 1.08 bits per heavy atom. The van der Waals surface area contributed by atoms with Gasteiger partial charge in [-0.15, -0.1) is 11.8 Å². The Kier molecular flexibility index (Phi) is 8.31. The minimum absolute atomic E-state index is 0.315. The highest BCUT2D eigenvalue weighted by molar-refractivity contribution is 7.99. The van der Waals surface area contributed by atoms with E-state index in [0.717, 1.165) is 0 Å². The van der Waals surface area contributed by atoms with Gasteiger partial charge in [0.05, 0.1) is 18.1 Å². The average Bonchev–Trinajstić information content (AvgIpc) is 3.41. The van der Waals surface area contributed by atoms with Crippen LogP contribution in [0.4, 0.5) is 5.82 Å². The highest BCUT2D eigenvalue weighted by Crippen LogP contribution is 2.47. The first-order chi connectivity index (χ1) is 17.3. The summed E-state index contributed by atoms with van der Waals surface area (Å²) >= 11 is 1.41. The zero-order valence-corrected chi connectivity index (χ0v) is 25.3. The second-order valence-electron chi connectivity index (χ2n) is 11.6. The lowest BCUT2D eigenvalue weighted by Gasteiger charge is -2.43. The molecule has 0 bridgehead atoms. The number of nitrogens with two attached hydrogens (primary N) is 1. The Balaban J connectivity index is 1.68. The standard InChI is InChI=1S/C25H43N5O5SSi/c1-13(2)37(14(3)4,15(5)6)32-10-17-19-20(35-25(8,9)34-19)24(33-17)30-22-18(21(26)27-12-28-22)23(29-30)36-11-16(7)31/h12-17,19-20,24,31H,10-11H2,1-9H3,(H2,26,27,28)/t16-,17+,19+,20+,24+/m0/s1. The number of ether oxygens (including phenoxy) is 3. The molecule has 10 nitrogen and oxygen atoms in total. The maximum atomic E-state index is 9.84. The van der Waals surface area contributed by atoms with Crippen LogP contribution in [0.5, 0.6) is 0 Å². The summed E-state index contributed by atoms with van der Waals surface area (Å²) in [6.45, 7) is 19.7. The Bertz CT molecular complexity index is 1070. The molecule has 0 spiro atoms. The third kappa shape index (κ3) is 5.30. The second kappa shape index (κ2) is 10.7. The van der Waals surface area contributed by atoms with Gasteiger partial charge in [0.1, 0.15) is 35.5 Å². The van der Waals surface area contributed by atoms with Gasteiger partial charge in [-0.1, -0.05) is 41.5 Å². The monoisotopic (exact) mass is 553 g/mol. The Morgan fingerprint density at radius 3 is 2.30 bits per heavy atom. The van der Waals surface area contributed by atoms with Crippen molar-refractivity contribution in [1.82, 2.24) is 19.7 Å².